The van der Waals surface area contributed by atoms with Gasteiger partial charge in [-0.3, -0.25) is 4.79 Å². The van der Waals surface area contributed by atoms with Crippen LogP contribution in [0, 0.1) is 18.3 Å². The van der Waals surface area contributed by atoms with Gasteiger partial charge in [-0.2, -0.15) is 5.26 Å². The molecule has 2 aromatic carbocycles. The molecule has 0 spiro atoms. The Labute approximate surface area is 141 Å². The minimum atomic E-state index is -3.61. The van der Waals surface area contributed by atoms with Gasteiger partial charge in [0.25, 0.3) is 5.91 Å². The van der Waals surface area contributed by atoms with Gasteiger partial charge >= 0.3 is 0 Å². The fourth-order valence-electron chi connectivity index (χ4n) is 2.16. The Hall–Kier alpha value is -2.69. The predicted octanol–water partition coefficient (Wildman–Crippen LogP) is 1.70. The second-order valence-electron chi connectivity index (χ2n) is 5.18. The number of amides is 1. The monoisotopic (exact) mass is 343 g/mol. The molecule has 124 valence electrons. The van der Waals surface area contributed by atoms with Gasteiger partial charge in [-0.1, -0.05) is 18.2 Å². The Balaban J connectivity index is 2.20. The molecular formula is C17H17N3O3S. The zero-order chi connectivity index (χ0) is 17.7. The highest BCUT2D eigenvalue weighted by molar-refractivity contribution is 7.89. The molecule has 0 bridgehead atoms. The highest BCUT2D eigenvalue weighted by Crippen LogP contribution is 2.15. The normalized spacial score (nSPS) is 10.9. The topological polar surface area (TPSA) is 99.1 Å². The zero-order valence-electron chi connectivity index (χ0n) is 13.3. The zero-order valence-corrected chi connectivity index (χ0v) is 14.1. The molecule has 0 aliphatic carbocycles. The lowest BCUT2D eigenvalue weighted by atomic mass is 10.1. The van der Waals surface area contributed by atoms with Crippen molar-refractivity contribution in [2.24, 2.45) is 0 Å². The van der Waals surface area contributed by atoms with Gasteiger partial charge in [-0.25, -0.2) is 13.1 Å². The van der Waals surface area contributed by atoms with Gasteiger partial charge in [-0.05, 0) is 49.4 Å². The number of nitrogens with zero attached hydrogens (tertiary/aromatic N) is 1. The molecule has 2 aromatic rings. The molecule has 2 rings (SSSR count). The first kappa shape index (κ1) is 17.7. The van der Waals surface area contributed by atoms with E-state index in [-0.39, 0.29) is 17.3 Å². The molecule has 2 N–H and O–H groups in total. The summed E-state index contributed by atoms with van der Waals surface area (Å²) in [6.07, 6.45) is 0. The molecule has 0 radical (unpaired) electrons. The van der Waals surface area contributed by atoms with Crippen LogP contribution in [0.2, 0.25) is 0 Å². The number of nitrogens with one attached hydrogen (secondary N) is 2. The minimum Gasteiger partial charge on any atom is -0.348 e. The SMILES string of the molecule is CNS(=O)(=O)c1ccc(C)c(C(=O)NCc2cccc(C#N)c2)c1. The summed E-state index contributed by atoms with van der Waals surface area (Å²) in [6.45, 7) is 1.98. The van der Waals surface area contributed by atoms with Gasteiger partial charge in [-0.15, -0.1) is 0 Å². The highest BCUT2D eigenvalue weighted by Gasteiger charge is 2.16. The van der Waals surface area contributed by atoms with E-state index in [0.717, 1.165) is 5.56 Å². The number of hydrogen-bond acceptors (Lipinski definition) is 4. The molecule has 0 saturated heterocycles. The second kappa shape index (κ2) is 7.25. The van der Waals surface area contributed by atoms with E-state index in [4.69, 9.17) is 5.26 Å². The van der Waals surface area contributed by atoms with E-state index in [1.165, 1.54) is 19.2 Å². The molecule has 0 aromatic heterocycles. The van der Waals surface area contributed by atoms with E-state index in [2.05, 4.69) is 10.0 Å². The smallest absolute Gasteiger partial charge is 0.251 e. The number of hydrogen-bond donors (Lipinski definition) is 2. The molecule has 1 amide bonds. The molecule has 0 aliphatic rings. The molecule has 0 atom stereocenters. The number of rotatable bonds is 5. The van der Waals surface area contributed by atoms with E-state index in [1.807, 2.05) is 6.07 Å². The van der Waals surface area contributed by atoms with Crippen LogP contribution in [0.1, 0.15) is 27.0 Å². The molecule has 0 heterocycles. The summed E-state index contributed by atoms with van der Waals surface area (Å²) in [5, 5.41) is 11.6. The van der Waals surface area contributed by atoms with E-state index in [0.29, 0.717) is 16.7 Å². The molecule has 6 nitrogen and oxygen atoms in total. The lowest BCUT2D eigenvalue weighted by Gasteiger charge is -2.10. The average molecular weight is 343 g/mol. The lowest BCUT2D eigenvalue weighted by molar-refractivity contribution is 0.0950. The van der Waals surface area contributed by atoms with Crippen molar-refractivity contribution >= 4 is 15.9 Å². The number of benzene rings is 2. The van der Waals surface area contributed by atoms with Crippen molar-refractivity contribution in [2.45, 2.75) is 18.4 Å². The van der Waals surface area contributed by atoms with Crippen molar-refractivity contribution in [3.05, 3.63) is 64.7 Å². The van der Waals surface area contributed by atoms with Gasteiger partial charge in [0.1, 0.15) is 0 Å². The summed E-state index contributed by atoms with van der Waals surface area (Å²) in [6, 6.07) is 13.3. The van der Waals surface area contributed by atoms with Gasteiger partial charge in [0.2, 0.25) is 10.0 Å². The van der Waals surface area contributed by atoms with Crippen LogP contribution < -0.4 is 10.0 Å². The van der Waals surface area contributed by atoms with Crippen molar-refractivity contribution in [1.82, 2.24) is 10.0 Å². The Kier molecular flexibility index (Phi) is 5.34. The Bertz CT molecular complexity index is 915. The minimum absolute atomic E-state index is 0.0345. The van der Waals surface area contributed by atoms with Crippen LogP contribution in [0.25, 0.3) is 0 Å². The van der Waals surface area contributed by atoms with Crippen molar-refractivity contribution in [2.75, 3.05) is 7.05 Å². The third-order valence-corrected chi connectivity index (χ3v) is 4.95. The number of carbonyl (C=O) groups is 1. The molecule has 0 fully saturated rings. The fraction of sp³-hybridized carbons (Fsp3) is 0.176. The molecule has 7 heteroatoms. The first-order valence-electron chi connectivity index (χ1n) is 7.19. The molecule has 24 heavy (non-hydrogen) atoms. The molecule has 0 aliphatic heterocycles. The third kappa shape index (κ3) is 3.98. The first-order valence-corrected chi connectivity index (χ1v) is 8.67. The van der Waals surface area contributed by atoms with Crippen LogP contribution in [0.5, 0.6) is 0 Å². The second-order valence-corrected chi connectivity index (χ2v) is 7.07. The molecule has 0 saturated carbocycles. The highest BCUT2D eigenvalue weighted by atomic mass is 32.2. The number of sulfonamides is 1. The van der Waals surface area contributed by atoms with Gasteiger partial charge < -0.3 is 5.32 Å². The third-order valence-electron chi connectivity index (χ3n) is 3.54. The predicted molar refractivity (Wildman–Crippen MR) is 89.8 cm³/mol. The maximum Gasteiger partial charge on any atom is 0.251 e. The summed E-state index contributed by atoms with van der Waals surface area (Å²) < 4.78 is 26.0. The number of carbonyl (C=O) groups excluding carboxylic acids is 1. The lowest BCUT2D eigenvalue weighted by Crippen LogP contribution is -2.25. The maximum absolute atomic E-state index is 12.4. The standard InChI is InChI=1S/C17H17N3O3S/c1-12-6-7-15(24(22,23)19-2)9-16(12)17(21)20-11-14-5-3-4-13(8-14)10-18/h3-9,19H,11H2,1-2H3,(H,20,21). The van der Waals surface area contributed by atoms with Crippen LogP contribution in [0.3, 0.4) is 0 Å². The Morgan fingerprint density at radius 1 is 1.21 bits per heavy atom. The van der Waals surface area contributed by atoms with E-state index < -0.39 is 10.0 Å². The van der Waals surface area contributed by atoms with Crippen LogP contribution in [-0.2, 0) is 16.6 Å². The first-order chi connectivity index (χ1) is 11.4. The van der Waals surface area contributed by atoms with Crippen molar-refractivity contribution in [3.8, 4) is 6.07 Å². The van der Waals surface area contributed by atoms with Crippen LogP contribution in [0.4, 0.5) is 0 Å². The number of nitriles is 1. The maximum atomic E-state index is 12.4. The van der Waals surface area contributed by atoms with E-state index >= 15 is 0 Å². The van der Waals surface area contributed by atoms with Crippen LogP contribution in [-0.4, -0.2) is 21.4 Å². The van der Waals surface area contributed by atoms with Crippen molar-refractivity contribution < 1.29 is 13.2 Å². The fourth-order valence-corrected chi connectivity index (χ4v) is 2.92. The van der Waals surface area contributed by atoms with Gasteiger partial charge in [0.15, 0.2) is 0 Å². The molecule has 0 unspecified atom stereocenters. The van der Waals surface area contributed by atoms with Crippen molar-refractivity contribution in [1.29, 1.82) is 5.26 Å². The number of aryl methyl sites for hydroxylation is 1. The average Bonchev–Trinajstić information content (AvgIpc) is 2.60. The van der Waals surface area contributed by atoms with E-state index in [1.54, 1.807) is 37.3 Å². The Morgan fingerprint density at radius 3 is 2.62 bits per heavy atom. The van der Waals surface area contributed by atoms with Crippen LogP contribution in [0.15, 0.2) is 47.4 Å². The summed E-state index contributed by atoms with van der Waals surface area (Å²) in [5.74, 6) is -0.372. The van der Waals surface area contributed by atoms with Crippen LogP contribution >= 0.6 is 0 Å². The molecular weight excluding hydrogens is 326 g/mol. The van der Waals surface area contributed by atoms with Crippen molar-refractivity contribution in [3.63, 3.8) is 0 Å². The largest absolute Gasteiger partial charge is 0.348 e. The van der Waals surface area contributed by atoms with E-state index in [9.17, 15) is 13.2 Å². The summed E-state index contributed by atoms with van der Waals surface area (Å²) >= 11 is 0. The van der Waals surface area contributed by atoms with Gasteiger partial charge in [0.05, 0.1) is 16.5 Å². The summed E-state index contributed by atoms with van der Waals surface area (Å²) in [5.41, 5.74) is 2.27. The summed E-state index contributed by atoms with van der Waals surface area (Å²) in [7, 11) is -2.30. The Morgan fingerprint density at radius 2 is 1.96 bits per heavy atom. The summed E-state index contributed by atoms with van der Waals surface area (Å²) in [4.78, 5) is 12.4. The quantitative estimate of drug-likeness (QED) is 0.863. The van der Waals surface area contributed by atoms with Gasteiger partial charge in [0, 0.05) is 12.1 Å².